The van der Waals surface area contributed by atoms with Gasteiger partial charge in [0.15, 0.2) is 0 Å². The van der Waals surface area contributed by atoms with Crippen molar-refractivity contribution in [2.45, 2.75) is 45.2 Å². The van der Waals surface area contributed by atoms with Gasteiger partial charge in [-0.2, -0.15) is 0 Å². The lowest BCUT2D eigenvalue weighted by atomic mass is 9.84. The van der Waals surface area contributed by atoms with Crippen LogP contribution in [0.25, 0.3) is 0 Å². The fourth-order valence-corrected chi connectivity index (χ4v) is 2.75. The van der Waals surface area contributed by atoms with Crippen LogP contribution in [0.1, 0.15) is 33.1 Å². The zero-order valence-corrected chi connectivity index (χ0v) is 10.0. The first-order valence-electron chi connectivity index (χ1n) is 6.19. The molecule has 3 nitrogen and oxygen atoms in total. The van der Waals surface area contributed by atoms with E-state index in [1.165, 1.54) is 25.8 Å². The summed E-state index contributed by atoms with van der Waals surface area (Å²) in [6.45, 7) is 8.52. The molecule has 2 fully saturated rings. The third kappa shape index (κ3) is 2.35. The van der Waals surface area contributed by atoms with Crippen molar-refractivity contribution < 1.29 is 4.74 Å². The quantitative estimate of drug-likeness (QED) is 0.748. The molecule has 0 aromatic carbocycles. The van der Waals surface area contributed by atoms with Gasteiger partial charge in [0.05, 0.1) is 13.2 Å². The molecule has 88 valence electrons. The molecular weight excluding hydrogens is 188 g/mol. The monoisotopic (exact) mass is 212 g/mol. The minimum Gasteiger partial charge on any atom is -0.379 e. The van der Waals surface area contributed by atoms with Crippen molar-refractivity contribution in [2.24, 2.45) is 11.1 Å². The molecule has 2 heterocycles. The second-order valence-electron chi connectivity index (χ2n) is 5.59. The van der Waals surface area contributed by atoms with Crippen LogP contribution in [0.5, 0.6) is 0 Å². The van der Waals surface area contributed by atoms with E-state index in [2.05, 4.69) is 18.7 Å². The van der Waals surface area contributed by atoms with Gasteiger partial charge in [-0.25, -0.2) is 0 Å². The van der Waals surface area contributed by atoms with Gasteiger partial charge in [0.25, 0.3) is 0 Å². The maximum absolute atomic E-state index is 6.12. The normalized spacial score (nSPS) is 43.4. The van der Waals surface area contributed by atoms with Crippen LogP contribution in [0.3, 0.4) is 0 Å². The van der Waals surface area contributed by atoms with E-state index in [-0.39, 0.29) is 11.5 Å². The van der Waals surface area contributed by atoms with Gasteiger partial charge >= 0.3 is 0 Å². The van der Waals surface area contributed by atoms with Gasteiger partial charge in [-0.1, -0.05) is 13.3 Å². The number of rotatable bonds is 2. The zero-order chi connectivity index (χ0) is 10.9. The lowest BCUT2D eigenvalue weighted by molar-refractivity contribution is 0.0784. The molecular formula is C12H24N2O. The number of nitrogens with two attached hydrogens (primary N) is 1. The molecule has 0 saturated carbocycles. The molecule has 0 aromatic rings. The van der Waals surface area contributed by atoms with Crippen molar-refractivity contribution in [1.82, 2.24) is 4.90 Å². The Bertz CT molecular complexity index is 222. The van der Waals surface area contributed by atoms with Gasteiger partial charge in [-0.15, -0.1) is 0 Å². The van der Waals surface area contributed by atoms with Crippen molar-refractivity contribution in [3.05, 3.63) is 0 Å². The van der Waals surface area contributed by atoms with Gasteiger partial charge < -0.3 is 10.5 Å². The second kappa shape index (κ2) is 4.40. The fourth-order valence-electron chi connectivity index (χ4n) is 2.75. The zero-order valence-electron chi connectivity index (χ0n) is 10.0. The number of hydrogen-bond donors (Lipinski definition) is 1. The van der Waals surface area contributed by atoms with Gasteiger partial charge in [0.1, 0.15) is 0 Å². The number of likely N-dealkylation sites (tertiary alicyclic amines) is 1. The summed E-state index contributed by atoms with van der Waals surface area (Å²) in [6.07, 6.45) is 4.07. The van der Waals surface area contributed by atoms with Gasteiger partial charge in [-0.05, 0) is 26.3 Å². The maximum Gasteiger partial charge on any atom is 0.0624 e. The summed E-state index contributed by atoms with van der Waals surface area (Å²) in [6, 6.07) is 0.940. The van der Waals surface area contributed by atoms with E-state index >= 15 is 0 Å². The fraction of sp³-hybridized carbons (Fsp3) is 1.00. The van der Waals surface area contributed by atoms with Crippen molar-refractivity contribution in [3.63, 3.8) is 0 Å². The third-order valence-corrected chi connectivity index (χ3v) is 4.13. The minimum absolute atomic E-state index is 0.172. The average molecular weight is 212 g/mol. The van der Waals surface area contributed by atoms with E-state index in [1.54, 1.807) is 0 Å². The molecule has 3 heteroatoms. The second-order valence-corrected chi connectivity index (χ2v) is 5.59. The van der Waals surface area contributed by atoms with Crippen LogP contribution in [0.4, 0.5) is 0 Å². The minimum atomic E-state index is 0.172. The molecule has 2 rings (SSSR count). The molecule has 2 N–H and O–H groups in total. The Morgan fingerprint density at radius 1 is 1.47 bits per heavy atom. The number of piperidine rings is 1. The Labute approximate surface area is 93.0 Å². The van der Waals surface area contributed by atoms with Crippen LogP contribution in [0, 0.1) is 5.41 Å². The summed E-state index contributed by atoms with van der Waals surface area (Å²) >= 11 is 0. The summed E-state index contributed by atoms with van der Waals surface area (Å²) in [7, 11) is 0. The van der Waals surface area contributed by atoms with Crippen molar-refractivity contribution in [1.29, 1.82) is 0 Å². The molecule has 2 aliphatic heterocycles. The molecule has 15 heavy (non-hydrogen) atoms. The summed E-state index contributed by atoms with van der Waals surface area (Å²) in [5, 5.41) is 0. The predicted octanol–water partition coefficient (Wildman–Crippen LogP) is 1.22. The van der Waals surface area contributed by atoms with Crippen LogP contribution in [0.2, 0.25) is 0 Å². The van der Waals surface area contributed by atoms with Crippen LogP contribution < -0.4 is 5.73 Å². The highest BCUT2D eigenvalue weighted by Gasteiger charge is 2.39. The van der Waals surface area contributed by atoms with E-state index in [0.717, 1.165) is 25.8 Å². The predicted molar refractivity (Wildman–Crippen MR) is 61.8 cm³/mol. The lowest BCUT2D eigenvalue weighted by Gasteiger charge is -2.40. The molecule has 2 saturated heterocycles. The summed E-state index contributed by atoms with van der Waals surface area (Å²) in [5.74, 6) is 0. The summed E-state index contributed by atoms with van der Waals surface area (Å²) in [5.41, 5.74) is 6.30. The van der Waals surface area contributed by atoms with Gasteiger partial charge in [0.2, 0.25) is 0 Å². The standard InChI is InChI=1S/C12H24N2O/c1-10-5-3-4-6-14(10)8-12(2)9-15-7-11(12)13/h10-11H,3-9,13H2,1-2H3. The Kier molecular flexibility index (Phi) is 3.33. The molecule has 0 aliphatic carbocycles. The molecule has 2 aliphatic rings. The topological polar surface area (TPSA) is 38.5 Å². The first-order valence-corrected chi connectivity index (χ1v) is 6.19. The molecule has 0 aromatic heterocycles. The average Bonchev–Trinajstić information content (AvgIpc) is 2.51. The SMILES string of the molecule is CC1CCCCN1CC1(C)COCC1N. The highest BCUT2D eigenvalue weighted by atomic mass is 16.5. The Morgan fingerprint density at radius 3 is 2.87 bits per heavy atom. The van der Waals surface area contributed by atoms with Crippen molar-refractivity contribution in [3.8, 4) is 0 Å². The van der Waals surface area contributed by atoms with Crippen LogP contribution >= 0.6 is 0 Å². The van der Waals surface area contributed by atoms with Crippen LogP contribution in [-0.4, -0.2) is 43.3 Å². The maximum atomic E-state index is 6.12. The summed E-state index contributed by atoms with van der Waals surface area (Å²) < 4.78 is 5.50. The van der Waals surface area contributed by atoms with E-state index in [1.807, 2.05) is 0 Å². The highest BCUT2D eigenvalue weighted by molar-refractivity contribution is 4.93. The molecule has 0 amide bonds. The highest BCUT2D eigenvalue weighted by Crippen LogP contribution is 2.30. The Balaban J connectivity index is 1.94. The van der Waals surface area contributed by atoms with E-state index < -0.39 is 0 Å². The van der Waals surface area contributed by atoms with Crippen LogP contribution in [0.15, 0.2) is 0 Å². The van der Waals surface area contributed by atoms with E-state index in [4.69, 9.17) is 10.5 Å². The molecule has 0 spiro atoms. The lowest BCUT2D eigenvalue weighted by Crippen LogP contribution is -2.50. The number of hydrogen-bond acceptors (Lipinski definition) is 3. The van der Waals surface area contributed by atoms with E-state index in [9.17, 15) is 0 Å². The Hall–Kier alpha value is -0.120. The van der Waals surface area contributed by atoms with Crippen LogP contribution in [-0.2, 0) is 4.74 Å². The van der Waals surface area contributed by atoms with Crippen molar-refractivity contribution >= 4 is 0 Å². The molecule has 3 unspecified atom stereocenters. The molecule has 0 bridgehead atoms. The Morgan fingerprint density at radius 2 is 2.27 bits per heavy atom. The summed E-state index contributed by atoms with van der Waals surface area (Å²) in [4.78, 5) is 2.60. The number of ether oxygens (including phenoxy) is 1. The largest absolute Gasteiger partial charge is 0.379 e. The van der Waals surface area contributed by atoms with Gasteiger partial charge in [0, 0.05) is 24.0 Å². The smallest absolute Gasteiger partial charge is 0.0624 e. The van der Waals surface area contributed by atoms with Crippen molar-refractivity contribution in [2.75, 3.05) is 26.3 Å². The molecule has 3 atom stereocenters. The number of nitrogens with zero attached hydrogens (tertiary/aromatic N) is 1. The third-order valence-electron chi connectivity index (χ3n) is 4.13. The molecule has 0 radical (unpaired) electrons. The van der Waals surface area contributed by atoms with Gasteiger partial charge in [-0.3, -0.25) is 4.90 Å². The van der Waals surface area contributed by atoms with E-state index in [0.29, 0.717) is 0 Å². The first-order chi connectivity index (χ1) is 7.12. The first kappa shape index (κ1) is 11.4.